The number of nitriles is 1. The molecule has 1 saturated carbocycles. The minimum atomic E-state index is -0.828. The molecule has 0 spiro atoms. The molecule has 164 valence electrons. The number of carbonyl (C=O) groups is 1. The van der Waals surface area contributed by atoms with Crippen molar-refractivity contribution in [2.45, 2.75) is 64.1 Å². The second-order valence-corrected chi connectivity index (χ2v) is 7.95. The van der Waals surface area contributed by atoms with Gasteiger partial charge in [0.1, 0.15) is 29.4 Å². The third-order valence-electron chi connectivity index (χ3n) is 5.70. The highest BCUT2D eigenvalue weighted by Crippen LogP contribution is 2.35. The van der Waals surface area contributed by atoms with E-state index in [9.17, 15) is 13.6 Å². The molecule has 31 heavy (non-hydrogen) atoms. The fraction of sp³-hybridized carbons (Fsp3) is 0.440. The highest BCUT2D eigenvalue weighted by Gasteiger charge is 2.26. The maximum Gasteiger partial charge on any atom is 0.338 e. The number of unbranched alkanes of at least 4 members (excludes halogenated alkanes) is 1. The lowest BCUT2D eigenvalue weighted by atomic mass is 9.82. The molecule has 0 saturated heterocycles. The van der Waals surface area contributed by atoms with Crippen LogP contribution in [0.2, 0.25) is 0 Å². The van der Waals surface area contributed by atoms with E-state index in [1.54, 1.807) is 18.2 Å². The van der Waals surface area contributed by atoms with Gasteiger partial charge in [-0.15, -0.1) is 0 Å². The molecule has 4 nitrogen and oxygen atoms in total. The SMILES string of the molecule is CCCCOCc1ccc(C(=O)OC2CCC(c3cc(F)c(C#N)c(F)c3)CC2)cc1. The van der Waals surface area contributed by atoms with Crippen LogP contribution in [-0.4, -0.2) is 18.7 Å². The first-order valence-electron chi connectivity index (χ1n) is 10.8. The molecular weight excluding hydrogens is 400 g/mol. The van der Waals surface area contributed by atoms with Crippen LogP contribution in [0.1, 0.15) is 78.4 Å². The van der Waals surface area contributed by atoms with Crippen LogP contribution in [-0.2, 0) is 16.1 Å². The lowest BCUT2D eigenvalue weighted by Crippen LogP contribution is -2.24. The van der Waals surface area contributed by atoms with Gasteiger partial charge in [0.15, 0.2) is 0 Å². The number of ether oxygens (including phenoxy) is 2. The average Bonchev–Trinajstić information content (AvgIpc) is 2.77. The molecule has 6 heteroatoms. The molecule has 1 aliphatic carbocycles. The first kappa shape index (κ1) is 22.9. The molecule has 0 heterocycles. The smallest absolute Gasteiger partial charge is 0.338 e. The molecule has 3 rings (SSSR count). The first-order valence-corrected chi connectivity index (χ1v) is 10.8. The Morgan fingerprint density at radius 2 is 1.74 bits per heavy atom. The summed E-state index contributed by atoms with van der Waals surface area (Å²) in [6, 6.07) is 11.3. The quantitative estimate of drug-likeness (QED) is 0.381. The largest absolute Gasteiger partial charge is 0.459 e. The van der Waals surface area contributed by atoms with E-state index in [0.717, 1.165) is 25.0 Å². The van der Waals surface area contributed by atoms with Crippen LogP contribution in [0.5, 0.6) is 0 Å². The van der Waals surface area contributed by atoms with E-state index in [1.165, 1.54) is 12.1 Å². The molecule has 0 aromatic heterocycles. The van der Waals surface area contributed by atoms with Crippen LogP contribution in [0, 0.1) is 23.0 Å². The Balaban J connectivity index is 1.49. The molecule has 1 aliphatic rings. The lowest BCUT2D eigenvalue weighted by molar-refractivity contribution is 0.0195. The molecule has 2 aromatic carbocycles. The Bertz CT molecular complexity index is 906. The van der Waals surface area contributed by atoms with E-state index in [-0.39, 0.29) is 18.0 Å². The Morgan fingerprint density at radius 3 is 2.32 bits per heavy atom. The normalized spacial score (nSPS) is 18.4. The van der Waals surface area contributed by atoms with Gasteiger partial charge in [-0.2, -0.15) is 5.26 Å². The number of hydrogen-bond acceptors (Lipinski definition) is 4. The summed E-state index contributed by atoms with van der Waals surface area (Å²) in [6.45, 7) is 3.36. The zero-order valence-corrected chi connectivity index (χ0v) is 17.7. The second-order valence-electron chi connectivity index (χ2n) is 7.95. The highest BCUT2D eigenvalue weighted by molar-refractivity contribution is 5.89. The van der Waals surface area contributed by atoms with E-state index >= 15 is 0 Å². The maximum atomic E-state index is 13.9. The van der Waals surface area contributed by atoms with E-state index in [0.29, 0.717) is 43.4 Å². The van der Waals surface area contributed by atoms with Gasteiger partial charge >= 0.3 is 5.97 Å². The van der Waals surface area contributed by atoms with Crippen LogP contribution < -0.4 is 0 Å². The molecule has 0 N–H and O–H groups in total. The minimum Gasteiger partial charge on any atom is -0.459 e. The minimum absolute atomic E-state index is 0.0151. The fourth-order valence-electron chi connectivity index (χ4n) is 3.84. The summed E-state index contributed by atoms with van der Waals surface area (Å²) in [7, 11) is 0. The summed E-state index contributed by atoms with van der Waals surface area (Å²) in [4.78, 5) is 12.5. The third-order valence-corrected chi connectivity index (χ3v) is 5.70. The van der Waals surface area contributed by atoms with Crippen LogP contribution in [0.15, 0.2) is 36.4 Å². The van der Waals surface area contributed by atoms with Gasteiger partial charge in [0, 0.05) is 6.61 Å². The second kappa shape index (κ2) is 11.0. The van der Waals surface area contributed by atoms with Crippen LogP contribution in [0.25, 0.3) is 0 Å². The molecular formula is C25H27F2NO3. The van der Waals surface area contributed by atoms with Crippen molar-refractivity contribution >= 4 is 5.97 Å². The number of esters is 1. The summed E-state index contributed by atoms with van der Waals surface area (Å²) in [5.41, 5.74) is 1.51. The fourth-order valence-corrected chi connectivity index (χ4v) is 3.84. The predicted octanol–water partition coefficient (Wildman–Crippen LogP) is 6.04. The van der Waals surface area contributed by atoms with E-state index in [2.05, 4.69) is 6.92 Å². The topological polar surface area (TPSA) is 59.3 Å². The standard InChI is InChI=1S/C25H27F2NO3/c1-2-3-12-30-16-17-4-6-19(7-5-17)25(29)31-21-10-8-18(9-11-21)20-13-23(26)22(15-28)24(27)14-20/h4-7,13-14,18,21H,2-3,8-12,16H2,1H3. The summed E-state index contributed by atoms with van der Waals surface area (Å²) >= 11 is 0. The molecule has 0 bridgehead atoms. The average molecular weight is 427 g/mol. The first-order chi connectivity index (χ1) is 15.0. The van der Waals surface area contributed by atoms with Crippen molar-refractivity contribution in [3.05, 3.63) is 70.3 Å². The molecule has 0 unspecified atom stereocenters. The number of hydrogen-bond donors (Lipinski definition) is 0. The van der Waals surface area contributed by atoms with Gasteiger partial charge < -0.3 is 9.47 Å². The van der Waals surface area contributed by atoms with E-state index in [1.807, 2.05) is 12.1 Å². The Morgan fingerprint density at radius 1 is 1.10 bits per heavy atom. The van der Waals surface area contributed by atoms with Gasteiger partial charge in [-0.3, -0.25) is 0 Å². The van der Waals surface area contributed by atoms with Gasteiger partial charge in [-0.25, -0.2) is 13.6 Å². The monoisotopic (exact) mass is 427 g/mol. The van der Waals surface area contributed by atoms with Crippen molar-refractivity contribution in [3.8, 4) is 6.07 Å². The van der Waals surface area contributed by atoms with Gasteiger partial charge in [0.05, 0.1) is 12.2 Å². The highest BCUT2D eigenvalue weighted by atomic mass is 19.1. The number of benzene rings is 2. The Hall–Kier alpha value is -2.78. The summed E-state index contributed by atoms with van der Waals surface area (Å²) in [5, 5.41) is 8.80. The molecule has 0 aliphatic heterocycles. The molecule has 0 radical (unpaired) electrons. The van der Waals surface area contributed by atoms with Gasteiger partial charge in [0.2, 0.25) is 0 Å². The maximum absolute atomic E-state index is 13.9. The van der Waals surface area contributed by atoms with E-state index in [4.69, 9.17) is 14.7 Å². The summed E-state index contributed by atoms with van der Waals surface area (Å²) < 4.78 is 39.0. The van der Waals surface area contributed by atoms with Gasteiger partial charge in [0.25, 0.3) is 0 Å². The Kier molecular flexibility index (Phi) is 8.13. The predicted molar refractivity (Wildman–Crippen MR) is 112 cm³/mol. The van der Waals surface area contributed by atoms with Crippen molar-refractivity contribution < 1.29 is 23.0 Å². The van der Waals surface area contributed by atoms with Crippen LogP contribution in [0.3, 0.4) is 0 Å². The van der Waals surface area contributed by atoms with Crippen molar-refractivity contribution in [1.82, 2.24) is 0 Å². The summed E-state index contributed by atoms with van der Waals surface area (Å²) in [5.74, 6) is -2.04. The van der Waals surface area contributed by atoms with Crippen molar-refractivity contribution in [2.75, 3.05) is 6.61 Å². The van der Waals surface area contributed by atoms with Crippen molar-refractivity contribution in [2.24, 2.45) is 0 Å². The van der Waals surface area contributed by atoms with Crippen LogP contribution in [0.4, 0.5) is 8.78 Å². The van der Waals surface area contributed by atoms with Crippen LogP contribution >= 0.6 is 0 Å². The third kappa shape index (κ3) is 6.11. The molecule has 0 atom stereocenters. The van der Waals surface area contributed by atoms with Gasteiger partial charge in [-0.05, 0) is 73.4 Å². The number of halogens is 2. The van der Waals surface area contributed by atoms with Gasteiger partial charge in [-0.1, -0.05) is 25.5 Å². The zero-order chi connectivity index (χ0) is 22.2. The number of rotatable bonds is 8. The van der Waals surface area contributed by atoms with Crippen molar-refractivity contribution in [1.29, 1.82) is 5.26 Å². The molecule has 0 amide bonds. The summed E-state index contributed by atoms with van der Waals surface area (Å²) in [6.07, 6.45) is 4.49. The zero-order valence-electron chi connectivity index (χ0n) is 17.7. The Labute approximate surface area is 181 Å². The lowest BCUT2D eigenvalue weighted by Gasteiger charge is -2.28. The number of nitrogens with zero attached hydrogens (tertiary/aromatic N) is 1. The number of carbonyl (C=O) groups excluding carboxylic acids is 1. The van der Waals surface area contributed by atoms with Crippen molar-refractivity contribution in [3.63, 3.8) is 0 Å². The molecule has 2 aromatic rings. The van der Waals surface area contributed by atoms with E-state index < -0.39 is 17.2 Å². The molecule has 1 fully saturated rings.